The largest absolute Gasteiger partial charge is 0.496 e. The normalized spacial score (nSPS) is 11.7. The minimum Gasteiger partial charge on any atom is -0.496 e. The monoisotopic (exact) mass is 313 g/mol. The second-order valence-electron chi connectivity index (χ2n) is 5.51. The summed E-state index contributed by atoms with van der Waals surface area (Å²) in [5, 5.41) is 4.27. The molecule has 0 saturated carbocycles. The van der Waals surface area contributed by atoms with Crippen molar-refractivity contribution in [2.24, 2.45) is 5.41 Å². The SMILES string of the molecule is CCC(CC)(CNCCOC)Cc1cc(Cl)ccc1OC. The van der Waals surface area contributed by atoms with Gasteiger partial charge in [-0.25, -0.2) is 0 Å². The van der Waals surface area contributed by atoms with Crippen LogP contribution in [0.15, 0.2) is 18.2 Å². The van der Waals surface area contributed by atoms with E-state index in [0.29, 0.717) is 0 Å². The number of benzene rings is 1. The molecule has 0 aliphatic carbocycles. The van der Waals surface area contributed by atoms with Crippen molar-refractivity contribution in [3.05, 3.63) is 28.8 Å². The highest BCUT2D eigenvalue weighted by Gasteiger charge is 2.27. The summed E-state index contributed by atoms with van der Waals surface area (Å²) >= 11 is 6.15. The molecule has 1 aromatic carbocycles. The fraction of sp³-hybridized carbons (Fsp3) is 0.647. The Balaban J connectivity index is 2.83. The molecule has 3 nitrogen and oxygen atoms in total. The van der Waals surface area contributed by atoms with Crippen LogP contribution in [0.1, 0.15) is 32.3 Å². The average Bonchev–Trinajstić information content (AvgIpc) is 2.50. The second kappa shape index (κ2) is 9.29. The minimum absolute atomic E-state index is 0.214. The standard InChI is InChI=1S/C17H28ClNO2/c1-5-17(6-2,13-19-9-10-20-3)12-14-11-15(18)7-8-16(14)21-4/h7-8,11,19H,5-6,9-10,12-13H2,1-4H3. The Morgan fingerprint density at radius 1 is 1.19 bits per heavy atom. The van der Waals surface area contributed by atoms with Gasteiger partial charge in [-0.2, -0.15) is 0 Å². The van der Waals surface area contributed by atoms with E-state index in [9.17, 15) is 0 Å². The second-order valence-corrected chi connectivity index (χ2v) is 5.95. The lowest BCUT2D eigenvalue weighted by molar-refractivity contribution is 0.185. The molecule has 4 heteroatoms. The molecule has 0 unspecified atom stereocenters. The predicted octanol–water partition coefficient (Wildman–Crippen LogP) is 3.93. The third-order valence-corrected chi connectivity index (χ3v) is 4.53. The molecule has 1 aromatic rings. The van der Waals surface area contributed by atoms with E-state index in [0.717, 1.165) is 49.7 Å². The molecule has 0 radical (unpaired) electrons. The molecular weight excluding hydrogens is 286 g/mol. The Morgan fingerprint density at radius 3 is 2.48 bits per heavy atom. The van der Waals surface area contributed by atoms with Crippen LogP contribution in [-0.4, -0.2) is 33.9 Å². The highest BCUT2D eigenvalue weighted by Crippen LogP contribution is 2.34. The Morgan fingerprint density at radius 2 is 1.90 bits per heavy atom. The van der Waals surface area contributed by atoms with Gasteiger partial charge >= 0.3 is 0 Å². The van der Waals surface area contributed by atoms with Crippen molar-refractivity contribution in [1.29, 1.82) is 0 Å². The predicted molar refractivity (Wildman–Crippen MR) is 89.5 cm³/mol. The average molecular weight is 314 g/mol. The lowest BCUT2D eigenvalue weighted by Gasteiger charge is -2.33. The summed E-state index contributed by atoms with van der Waals surface area (Å²) in [6, 6.07) is 5.85. The number of ether oxygens (including phenoxy) is 2. The Kier molecular flexibility index (Phi) is 8.09. The van der Waals surface area contributed by atoms with Crippen LogP contribution in [0.5, 0.6) is 5.75 Å². The van der Waals surface area contributed by atoms with Gasteiger partial charge in [0.1, 0.15) is 5.75 Å². The number of hydrogen-bond donors (Lipinski definition) is 1. The highest BCUT2D eigenvalue weighted by molar-refractivity contribution is 6.30. The van der Waals surface area contributed by atoms with Gasteiger partial charge in [0.05, 0.1) is 13.7 Å². The molecule has 0 saturated heterocycles. The molecule has 1 rings (SSSR count). The van der Waals surface area contributed by atoms with Gasteiger partial charge in [0.25, 0.3) is 0 Å². The van der Waals surface area contributed by atoms with Crippen LogP contribution in [0.25, 0.3) is 0 Å². The van der Waals surface area contributed by atoms with Gasteiger partial charge in [-0.05, 0) is 48.4 Å². The summed E-state index contributed by atoms with van der Waals surface area (Å²) in [6.45, 7) is 7.09. The molecule has 0 aliphatic heterocycles. The van der Waals surface area contributed by atoms with Crippen LogP contribution >= 0.6 is 11.6 Å². The number of rotatable bonds is 10. The molecule has 0 bridgehead atoms. The van der Waals surface area contributed by atoms with E-state index in [1.165, 1.54) is 5.56 Å². The maximum Gasteiger partial charge on any atom is 0.122 e. The van der Waals surface area contributed by atoms with Crippen molar-refractivity contribution < 1.29 is 9.47 Å². The minimum atomic E-state index is 0.214. The maximum absolute atomic E-state index is 6.15. The van der Waals surface area contributed by atoms with Crippen LogP contribution in [0.2, 0.25) is 5.02 Å². The lowest BCUT2D eigenvalue weighted by atomic mass is 9.76. The van der Waals surface area contributed by atoms with Gasteiger partial charge in [0.15, 0.2) is 0 Å². The van der Waals surface area contributed by atoms with Crippen molar-refractivity contribution in [3.8, 4) is 5.75 Å². The van der Waals surface area contributed by atoms with E-state index >= 15 is 0 Å². The summed E-state index contributed by atoms with van der Waals surface area (Å²) in [6.07, 6.45) is 3.18. The molecule has 21 heavy (non-hydrogen) atoms. The van der Waals surface area contributed by atoms with Crippen molar-refractivity contribution in [2.75, 3.05) is 33.9 Å². The van der Waals surface area contributed by atoms with Crippen LogP contribution in [0, 0.1) is 5.41 Å². The van der Waals surface area contributed by atoms with Crippen molar-refractivity contribution in [3.63, 3.8) is 0 Å². The number of methoxy groups -OCH3 is 2. The Bertz CT molecular complexity index is 419. The van der Waals surface area contributed by atoms with Crippen LogP contribution in [-0.2, 0) is 11.2 Å². The zero-order chi connectivity index (χ0) is 15.7. The van der Waals surface area contributed by atoms with Crippen molar-refractivity contribution in [2.45, 2.75) is 33.1 Å². The fourth-order valence-electron chi connectivity index (χ4n) is 2.63. The van der Waals surface area contributed by atoms with E-state index in [1.54, 1.807) is 14.2 Å². The summed E-state index contributed by atoms with van der Waals surface area (Å²) in [5.74, 6) is 0.919. The van der Waals surface area contributed by atoms with Crippen LogP contribution in [0.4, 0.5) is 0 Å². The fourth-order valence-corrected chi connectivity index (χ4v) is 2.82. The van der Waals surface area contributed by atoms with Gasteiger partial charge < -0.3 is 14.8 Å². The number of hydrogen-bond acceptors (Lipinski definition) is 3. The molecule has 1 N–H and O–H groups in total. The summed E-state index contributed by atoms with van der Waals surface area (Å²) in [4.78, 5) is 0. The van der Waals surface area contributed by atoms with E-state index in [2.05, 4.69) is 19.2 Å². The smallest absolute Gasteiger partial charge is 0.122 e. The first-order valence-electron chi connectivity index (χ1n) is 7.63. The van der Waals surface area contributed by atoms with Gasteiger partial charge in [-0.3, -0.25) is 0 Å². The van der Waals surface area contributed by atoms with Crippen molar-refractivity contribution >= 4 is 11.6 Å². The topological polar surface area (TPSA) is 30.5 Å². The summed E-state index contributed by atoms with van der Waals surface area (Å²) < 4.78 is 10.6. The van der Waals surface area contributed by atoms with Crippen LogP contribution in [0.3, 0.4) is 0 Å². The first kappa shape index (κ1) is 18.3. The third kappa shape index (κ3) is 5.50. The Labute approximate surface area is 134 Å². The van der Waals surface area contributed by atoms with Crippen LogP contribution < -0.4 is 10.1 Å². The van der Waals surface area contributed by atoms with Gasteiger partial charge in [0.2, 0.25) is 0 Å². The Hall–Kier alpha value is -0.770. The molecule has 0 fully saturated rings. The quantitative estimate of drug-likeness (QED) is 0.664. The maximum atomic E-state index is 6.15. The third-order valence-electron chi connectivity index (χ3n) is 4.29. The summed E-state index contributed by atoms with van der Waals surface area (Å²) in [5.41, 5.74) is 1.40. The first-order chi connectivity index (χ1) is 10.1. The molecule has 120 valence electrons. The molecule has 0 spiro atoms. The molecule has 0 aliphatic rings. The van der Waals surface area contributed by atoms with Crippen molar-refractivity contribution in [1.82, 2.24) is 5.32 Å². The zero-order valence-electron chi connectivity index (χ0n) is 13.7. The van der Waals surface area contributed by atoms with Gasteiger partial charge in [-0.15, -0.1) is 0 Å². The van der Waals surface area contributed by atoms with E-state index in [-0.39, 0.29) is 5.41 Å². The van der Waals surface area contributed by atoms with Gasteiger partial charge in [0, 0.05) is 25.2 Å². The van der Waals surface area contributed by atoms with Gasteiger partial charge in [-0.1, -0.05) is 25.4 Å². The molecule has 0 heterocycles. The summed E-state index contributed by atoms with van der Waals surface area (Å²) in [7, 11) is 3.44. The molecule has 0 amide bonds. The molecular formula is C17H28ClNO2. The van der Waals surface area contributed by atoms with E-state index in [4.69, 9.17) is 21.1 Å². The molecule has 0 aromatic heterocycles. The van der Waals surface area contributed by atoms with E-state index < -0.39 is 0 Å². The van der Waals surface area contributed by atoms with E-state index in [1.807, 2.05) is 18.2 Å². The number of halogens is 1. The molecule has 0 atom stereocenters. The zero-order valence-corrected chi connectivity index (χ0v) is 14.4. The number of nitrogens with one attached hydrogen (secondary N) is 1. The highest BCUT2D eigenvalue weighted by atomic mass is 35.5. The lowest BCUT2D eigenvalue weighted by Crippen LogP contribution is -2.36. The first-order valence-corrected chi connectivity index (χ1v) is 8.00.